The fraction of sp³-hybridized carbons (Fsp3) is 0.600. The van der Waals surface area contributed by atoms with Gasteiger partial charge < -0.3 is 10.5 Å². The second kappa shape index (κ2) is 6.65. The first kappa shape index (κ1) is 14.0. The first-order chi connectivity index (χ1) is 8.13. The van der Waals surface area contributed by atoms with Crippen LogP contribution in [0.3, 0.4) is 0 Å². The molecule has 0 spiro atoms. The highest BCUT2D eigenvalue weighted by atomic mass is 16.5. The minimum absolute atomic E-state index is 0.245. The number of nitrogens with two attached hydrogens (primary N) is 1. The predicted octanol–water partition coefficient (Wildman–Crippen LogP) is 3.54. The maximum atomic E-state index is 5.93. The van der Waals surface area contributed by atoms with Gasteiger partial charge in [-0.05, 0) is 43.9 Å². The van der Waals surface area contributed by atoms with E-state index in [1.54, 1.807) is 0 Å². The van der Waals surface area contributed by atoms with E-state index in [1.807, 2.05) is 0 Å². The van der Waals surface area contributed by atoms with Crippen LogP contribution in [0.2, 0.25) is 0 Å². The molecule has 0 amide bonds. The lowest BCUT2D eigenvalue weighted by Gasteiger charge is -2.28. The molecule has 0 saturated heterocycles. The van der Waals surface area contributed by atoms with Crippen molar-refractivity contribution in [2.24, 2.45) is 5.73 Å². The van der Waals surface area contributed by atoms with Crippen LogP contribution in [0.5, 0.6) is 5.75 Å². The highest BCUT2D eigenvalue weighted by Crippen LogP contribution is 2.21. The van der Waals surface area contributed by atoms with E-state index in [0.29, 0.717) is 6.54 Å². The molecule has 0 radical (unpaired) electrons. The van der Waals surface area contributed by atoms with E-state index in [-0.39, 0.29) is 5.60 Å². The summed E-state index contributed by atoms with van der Waals surface area (Å²) in [5.74, 6) is 0.917. The second-order valence-electron chi connectivity index (χ2n) is 4.86. The maximum absolute atomic E-state index is 5.93. The van der Waals surface area contributed by atoms with E-state index in [0.717, 1.165) is 18.6 Å². The van der Waals surface area contributed by atoms with Gasteiger partial charge in [0.1, 0.15) is 11.4 Å². The van der Waals surface area contributed by atoms with Gasteiger partial charge in [-0.3, -0.25) is 0 Å². The van der Waals surface area contributed by atoms with Gasteiger partial charge in [-0.1, -0.05) is 32.4 Å². The Bertz CT molecular complexity index is 314. The van der Waals surface area contributed by atoms with Crippen molar-refractivity contribution in [1.29, 1.82) is 0 Å². The Labute approximate surface area is 105 Å². The zero-order chi connectivity index (χ0) is 12.7. The Morgan fingerprint density at radius 1 is 1.18 bits per heavy atom. The van der Waals surface area contributed by atoms with Crippen LogP contribution < -0.4 is 10.5 Å². The molecule has 0 saturated carbocycles. The van der Waals surface area contributed by atoms with Crippen molar-refractivity contribution in [1.82, 2.24) is 0 Å². The summed E-state index contributed by atoms with van der Waals surface area (Å²) in [6.07, 6.45) is 4.55. The average Bonchev–Trinajstić information content (AvgIpc) is 2.38. The summed E-state index contributed by atoms with van der Waals surface area (Å²) in [6, 6.07) is 8.40. The lowest BCUT2D eigenvalue weighted by molar-refractivity contribution is 0.0935. The van der Waals surface area contributed by atoms with Crippen molar-refractivity contribution in [2.75, 3.05) is 6.54 Å². The van der Waals surface area contributed by atoms with Crippen LogP contribution in [0.4, 0.5) is 0 Å². The SMILES string of the molecule is CCCCc1ccc(OC(C)(CC)CN)cc1. The molecule has 2 nitrogen and oxygen atoms in total. The van der Waals surface area contributed by atoms with Gasteiger partial charge in [-0.2, -0.15) is 0 Å². The van der Waals surface area contributed by atoms with Crippen molar-refractivity contribution in [3.8, 4) is 5.75 Å². The standard InChI is InChI=1S/C15H25NO/c1-4-6-7-13-8-10-14(11-9-13)17-15(3,5-2)12-16/h8-11H,4-7,12,16H2,1-3H3. The van der Waals surface area contributed by atoms with Gasteiger partial charge in [0.2, 0.25) is 0 Å². The molecule has 2 N–H and O–H groups in total. The fourth-order valence-electron chi connectivity index (χ4n) is 1.65. The number of aryl methyl sites for hydroxylation is 1. The Morgan fingerprint density at radius 3 is 2.29 bits per heavy atom. The van der Waals surface area contributed by atoms with Gasteiger partial charge in [0, 0.05) is 6.54 Å². The first-order valence-electron chi connectivity index (χ1n) is 6.61. The molecule has 0 aliphatic carbocycles. The summed E-state index contributed by atoms with van der Waals surface area (Å²) in [5.41, 5.74) is 6.87. The van der Waals surface area contributed by atoms with Gasteiger partial charge in [-0.15, -0.1) is 0 Å². The predicted molar refractivity (Wildman–Crippen MR) is 73.4 cm³/mol. The Balaban J connectivity index is 2.61. The molecule has 1 rings (SSSR count). The number of hydrogen-bond donors (Lipinski definition) is 1. The fourth-order valence-corrected chi connectivity index (χ4v) is 1.65. The van der Waals surface area contributed by atoms with Crippen molar-refractivity contribution < 1.29 is 4.74 Å². The lowest BCUT2D eigenvalue weighted by Crippen LogP contribution is -2.39. The lowest BCUT2D eigenvalue weighted by atomic mass is 10.0. The van der Waals surface area contributed by atoms with Crippen LogP contribution in [-0.4, -0.2) is 12.1 Å². The largest absolute Gasteiger partial charge is 0.486 e. The first-order valence-corrected chi connectivity index (χ1v) is 6.61. The highest BCUT2D eigenvalue weighted by Gasteiger charge is 2.21. The number of hydrogen-bond acceptors (Lipinski definition) is 2. The Morgan fingerprint density at radius 2 is 1.82 bits per heavy atom. The van der Waals surface area contributed by atoms with Crippen molar-refractivity contribution in [2.45, 2.75) is 52.1 Å². The number of benzene rings is 1. The van der Waals surface area contributed by atoms with Crippen LogP contribution in [0.15, 0.2) is 24.3 Å². The molecule has 0 aliphatic heterocycles. The van der Waals surface area contributed by atoms with E-state index < -0.39 is 0 Å². The molecule has 1 aromatic rings. The Kier molecular flexibility index (Phi) is 5.49. The average molecular weight is 235 g/mol. The van der Waals surface area contributed by atoms with E-state index in [4.69, 9.17) is 10.5 Å². The summed E-state index contributed by atoms with van der Waals surface area (Å²) >= 11 is 0. The zero-order valence-electron chi connectivity index (χ0n) is 11.3. The van der Waals surface area contributed by atoms with Gasteiger partial charge >= 0.3 is 0 Å². The molecule has 0 bridgehead atoms. The molecule has 0 heterocycles. The van der Waals surface area contributed by atoms with Crippen LogP contribution in [0.25, 0.3) is 0 Å². The molecule has 17 heavy (non-hydrogen) atoms. The van der Waals surface area contributed by atoms with Gasteiger partial charge in [0.15, 0.2) is 0 Å². The van der Waals surface area contributed by atoms with Crippen molar-refractivity contribution in [3.63, 3.8) is 0 Å². The van der Waals surface area contributed by atoms with Crippen LogP contribution in [-0.2, 0) is 6.42 Å². The molecular weight excluding hydrogens is 210 g/mol. The zero-order valence-corrected chi connectivity index (χ0v) is 11.3. The highest BCUT2D eigenvalue weighted by molar-refractivity contribution is 5.28. The molecular formula is C15H25NO. The number of ether oxygens (including phenoxy) is 1. The molecule has 2 heteroatoms. The molecule has 1 unspecified atom stereocenters. The van der Waals surface area contributed by atoms with Crippen LogP contribution in [0, 0.1) is 0 Å². The summed E-state index contributed by atoms with van der Waals surface area (Å²) in [6.45, 7) is 6.91. The second-order valence-corrected chi connectivity index (χ2v) is 4.86. The molecule has 1 atom stereocenters. The molecule has 96 valence electrons. The monoisotopic (exact) mass is 235 g/mol. The third kappa shape index (κ3) is 4.39. The van der Waals surface area contributed by atoms with E-state index >= 15 is 0 Å². The van der Waals surface area contributed by atoms with Gasteiger partial charge in [0.05, 0.1) is 0 Å². The minimum Gasteiger partial charge on any atom is -0.486 e. The maximum Gasteiger partial charge on any atom is 0.120 e. The quantitative estimate of drug-likeness (QED) is 0.784. The van der Waals surface area contributed by atoms with E-state index in [2.05, 4.69) is 45.0 Å². The molecule has 0 aromatic heterocycles. The Hall–Kier alpha value is -1.02. The van der Waals surface area contributed by atoms with Crippen molar-refractivity contribution in [3.05, 3.63) is 29.8 Å². The van der Waals surface area contributed by atoms with Gasteiger partial charge in [-0.25, -0.2) is 0 Å². The summed E-state index contributed by atoms with van der Waals surface area (Å²) < 4.78 is 5.93. The minimum atomic E-state index is -0.245. The van der Waals surface area contributed by atoms with Crippen LogP contribution in [0.1, 0.15) is 45.6 Å². The normalized spacial score (nSPS) is 14.4. The third-order valence-electron chi connectivity index (χ3n) is 3.29. The number of rotatable bonds is 7. The summed E-state index contributed by atoms with van der Waals surface area (Å²) in [4.78, 5) is 0. The molecule has 0 fully saturated rings. The van der Waals surface area contributed by atoms with E-state index in [9.17, 15) is 0 Å². The van der Waals surface area contributed by atoms with Crippen LogP contribution >= 0.6 is 0 Å². The summed E-state index contributed by atoms with van der Waals surface area (Å²) in [5, 5.41) is 0. The van der Waals surface area contributed by atoms with E-state index in [1.165, 1.54) is 18.4 Å². The smallest absolute Gasteiger partial charge is 0.120 e. The van der Waals surface area contributed by atoms with Gasteiger partial charge in [0.25, 0.3) is 0 Å². The molecule has 1 aromatic carbocycles. The summed E-state index contributed by atoms with van der Waals surface area (Å²) in [7, 11) is 0. The molecule has 0 aliphatic rings. The van der Waals surface area contributed by atoms with Crippen molar-refractivity contribution >= 4 is 0 Å². The number of unbranched alkanes of at least 4 members (excludes halogenated alkanes) is 1. The topological polar surface area (TPSA) is 35.2 Å². The third-order valence-corrected chi connectivity index (χ3v) is 3.29.